The molecule has 0 saturated carbocycles. The van der Waals surface area contributed by atoms with Gasteiger partial charge in [-0.25, -0.2) is 0 Å². The minimum absolute atomic E-state index is 0.242. The Balaban J connectivity index is 1.52. The van der Waals surface area contributed by atoms with Crippen LogP contribution in [0.4, 0.5) is 0 Å². The van der Waals surface area contributed by atoms with E-state index in [9.17, 15) is 61.0 Å². The summed E-state index contributed by atoms with van der Waals surface area (Å²) in [6.45, 7) is 2.25. The lowest BCUT2D eigenvalue weighted by Crippen LogP contribution is -2.63. The van der Waals surface area contributed by atoms with E-state index < -0.39 is 124 Å². The fraction of sp³-hybridized carbons (Fsp3) is 0.981. The third-order valence-electron chi connectivity index (χ3n) is 14.4. The average molecular weight is 1030 g/mol. The van der Waals surface area contributed by atoms with Crippen LogP contribution >= 0.6 is 0 Å². The fourth-order valence-electron chi connectivity index (χ4n) is 9.57. The van der Waals surface area contributed by atoms with E-state index >= 15 is 0 Å². The van der Waals surface area contributed by atoms with Crippen LogP contribution < -0.4 is 5.32 Å². The molecule has 3 fully saturated rings. The zero-order valence-electron chi connectivity index (χ0n) is 43.2. The first kappa shape index (κ1) is 64.1. The molecule has 3 heterocycles. The van der Waals surface area contributed by atoms with Crippen LogP contribution in [0.5, 0.6) is 0 Å². The number of aliphatic hydroxyl groups excluding tert-OH is 11. The third kappa shape index (κ3) is 23.7. The number of aliphatic hydroxyl groups is 11. The highest BCUT2D eigenvalue weighted by Gasteiger charge is 2.49. The van der Waals surface area contributed by atoms with Crippen molar-refractivity contribution in [2.45, 2.75) is 298 Å². The molecule has 0 bridgehead atoms. The third-order valence-corrected chi connectivity index (χ3v) is 14.4. The molecule has 0 aromatic rings. The van der Waals surface area contributed by atoms with Gasteiger partial charge in [0.1, 0.15) is 73.2 Å². The Hall–Kier alpha value is -1.21. The van der Waals surface area contributed by atoms with E-state index in [2.05, 4.69) is 19.2 Å². The molecule has 420 valence electrons. The highest BCUT2D eigenvalue weighted by molar-refractivity contribution is 5.76. The number of amides is 1. The van der Waals surface area contributed by atoms with E-state index in [1.54, 1.807) is 0 Å². The molecule has 3 aliphatic rings. The Labute approximate surface area is 423 Å². The first-order chi connectivity index (χ1) is 34.2. The molecule has 0 radical (unpaired) electrons. The van der Waals surface area contributed by atoms with Crippen molar-refractivity contribution >= 4 is 5.91 Å². The molecule has 1 amide bonds. The van der Waals surface area contributed by atoms with Crippen LogP contribution in [-0.2, 0) is 33.2 Å². The van der Waals surface area contributed by atoms with Crippen molar-refractivity contribution in [3.63, 3.8) is 0 Å². The van der Waals surface area contributed by atoms with Gasteiger partial charge in [-0.2, -0.15) is 0 Å². The zero-order valence-corrected chi connectivity index (χ0v) is 43.2. The van der Waals surface area contributed by atoms with Gasteiger partial charge in [0.25, 0.3) is 0 Å². The number of hydrogen-bond acceptors (Lipinski definition) is 18. The van der Waals surface area contributed by atoms with Crippen molar-refractivity contribution in [1.29, 1.82) is 0 Å². The van der Waals surface area contributed by atoms with E-state index in [1.165, 1.54) is 116 Å². The van der Waals surface area contributed by atoms with Crippen molar-refractivity contribution in [2.75, 3.05) is 26.4 Å². The molecule has 0 spiro atoms. The Bertz CT molecular complexity index is 1320. The van der Waals surface area contributed by atoms with Gasteiger partial charge in [0.2, 0.25) is 5.91 Å². The minimum Gasteiger partial charge on any atom is -0.394 e. The number of rotatable bonds is 40. The first-order valence-electron chi connectivity index (χ1n) is 27.8. The molecule has 0 aromatic heterocycles. The van der Waals surface area contributed by atoms with Gasteiger partial charge in [-0.05, 0) is 12.8 Å². The smallest absolute Gasteiger partial charge is 0.220 e. The van der Waals surface area contributed by atoms with Crippen LogP contribution in [0.1, 0.15) is 194 Å². The Morgan fingerprint density at radius 2 is 0.761 bits per heavy atom. The average Bonchev–Trinajstić information content (AvgIpc) is 3.36. The van der Waals surface area contributed by atoms with Crippen molar-refractivity contribution < 1.29 is 89.4 Å². The van der Waals surface area contributed by atoms with Crippen LogP contribution in [0.25, 0.3) is 0 Å². The van der Waals surface area contributed by atoms with Crippen LogP contribution in [-0.4, -0.2) is 193 Å². The molecule has 71 heavy (non-hydrogen) atoms. The van der Waals surface area contributed by atoms with Crippen LogP contribution in [0.3, 0.4) is 0 Å². The lowest BCUT2D eigenvalue weighted by Gasteiger charge is -2.44. The van der Waals surface area contributed by atoms with Gasteiger partial charge in [-0.3, -0.25) is 4.79 Å². The topological polar surface area (TPSA) is 307 Å². The summed E-state index contributed by atoms with van der Waals surface area (Å²) in [6, 6.07) is -0.878. The summed E-state index contributed by atoms with van der Waals surface area (Å²) < 4.78 is 33.9. The van der Waals surface area contributed by atoms with E-state index in [4.69, 9.17) is 28.4 Å². The van der Waals surface area contributed by atoms with E-state index in [-0.39, 0.29) is 18.9 Å². The summed E-state index contributed by atoms with van der Waals surface area (Å²) in [7, 11) is 0. The van der Waals surface area contributed by atoms with Gasteiger partial charge in [0.05, 0.1) is 38.6 Å². The van der Waals surface area contributed by atoms with Crippen LogP contribution in [0, 0.1) is 0 Å². The molecule has 0 aliphatic carbocycles. The van der Waals surface area contributed by atoms with Crippen molar-refractivity contribution in [2.24, 2.45) is 0 Å². The number of unbranched alkanes of at least 4 members (excludes halogenated alkanes) is 24. The van der Waals surface area contributed by atoms with Crippen LogP contribution in [0.15, 0.2) is 0 Å². The predicted octanol–water partition coefficient (Wildman–Crippen LogP) is 3.26. The van der Waals surface area contributed by atoms with Crippen molar-refractivity contribution in [1.82, 2.24) is 5.32 Å². The van der Waals surface area contributed by atoms with E-state index in [0.717, 1.165) is 44.9 Å². The largest absolute Gasteiger partial charge is 0.394 e. The molecule has 19 nitrogen and oxygen atoms in total. The maximum Gasteiger partial charge on any atom is 0.220 e. The monoisotopic (exact) mass is 1030 g/mol. The SMILES string of the molecule is CCCCCCCCCCCCCCCC(=O)N[C@@H](CO[C@@H]1O[C@H](CO[C@@H]2O[C@H](CO[C@H]3O[C@H](CO)[C@H](O)[C@H](O)[C@H]3O)[C@H](O)[C@H](O)[C@H]2O)[C@H](O)[C@H](O)[C@H]1O)[C@H](O)CCCCCCCCCCCCCCC. The molecule has 3 aliphatic heterocycles. The summed E-state index contributed by atoms with van der Waals surface area (Å²) in [5.74, 6) is -0.242. The molecule has 3 saturated heterocycles. The lowest BCUT2D eigenvalue weighted by atomic mass is 9.98. The molecule has 19 heteroatoms. The lowest BCUT2D eigenvalue weighted by molar-refractivity contribution is -0.342. The Kier molecular flexibility index (Phi) is 33.9. The van der Waals surface area contributed by atoms with E-state index in [0.29, 0.717) is 12.8 Å². The minimum atomic E-state index is -1.85. The summed E-state index contributed by atoms with van der Waals surface area (Å²) >= 11 is 0. The van der Waals surface area contributed by atoms with Gasteiger partial charge >= 0.3 is 0 Å². The number of nitrogens with one attached hydrogen (secondary N) is 1. The standard InChI is InChI=1S/C52H99NO18/c1-3-5-7-9-11-13-15-17-19-21-23-25-27-29-36(55)35(53-40(56)30-28-26-24-22-20-18-16-14-12-10-8-6-4-2)32-66-50-48(64)45(61)42(58)38(70-50)34-68-52-49(65)46(62)43(59)39(71-52)33-67-51-47(63)44(60)41(57)37(31-54)69-51/h35-39,41-52,54-55,57-65H,3-34H2,1-2H3,(H,53,56)/t35-,36+,37+,38+,39+,41-,42-,43-,44-,45-,46-,47+,48+,49+,50+,51-,52+/m0/s1. The van der Waals surface area contributed by atoms with Gasteiger partial charge in [0, 0.05) is 6.42 Å². The first-order valence-corrected chi connectivity index (χ1v) is 27.8. The van der Waals surface area contributed by atoms with Gasteiger partial charge < -0.3 is 89.9 Å². The number of ether oxygens (including phenoxy) is 6. The molecular weight excluding hydrogens is 927 g/mol. The molecular formula is C52H99NO18. The number of hydrogen-bond donors (Lipinski definition) is 12. The van der Waals surface area contributed by atoms with Gasteiger partial charge in [-0.15, -0.1) is 0 Å². The van der Waals surface area contributed by atoms with Crippen molar-refractivity contribution in [3.05, 3.63) is 0 Å². The normalized spacial score (nSPS) is 32.2. The summed E-state index contributed by atoms with van der Waals surface area (Å²) in [5, 5.41) is 119. The highest BCUT2D eigenvalue weighted by Crippen LogP contribution is 2.29. The second-order valence-corrected chi connectivity index (χ2v) is 20.5. The Morgan fingerprint density at radius 1 is 0.437 bits per heavy atom. The maximum absolute atomic E-state index is 13.3. The summed E-state index contributed by atoms with van der Waals surface area (Å²) in [6.07, 6.45) is 5.55. The van der Waals surface area contributed by atoms with Crippen molar-refractivity contribution in [3.8, 4) is 0 Å². The molecule has 3 rings (SSSR count). The quantitative estimate of drug-likeness (QED) is 0.0392. The molecule has 0 unspecified atom stereocenters. The van der Waals surface area contributed by atoms with Crippen LogP contribution in [0.2, 0.25) is 0 Å². The molecule has 12 N–H and O–H groups in total. The summed E-state index contributed by atoms with van der Waals surface area (Å²) in [4.78, 5) is 13.3. The summed E-state index contributed by atoms with van der Waals surface area (Å²) in [5.41, 5.74) is 0. The second-order valence-electron chi connectivity index (χ2n) is 20.5. The number of carbonyl (C=O) groups excluding carboxylic acids is 1. The fourth-order valence-corrected chi connectivity index (χ4v) is 9.57. The Morgan fingerprint density at radius 3 is 1.14 bits per heavy atom. The maximum atomic E-state index is 13.3. The van der Waals surface area contributed by atoms with Gasteiger partial charge in [-0.1, -0.05) is 174 Å². The second kappa shape index (κ2) is 37.5. The van der Waals surface area contributed by atoms with E-state index in [1.807, 2.05) is 0 Å². The molecule has 0 aromatic carbocycles. The predicted molar refractivity (Wildman–Crippen MR) is 264 cm³/mol. The highest BCUT2D eigenvalue weighted by atomic mass is 16.7. The van der Waals surface area contributed by atoms with Gasteiger partial charge in [0.15, 0.2) is 18.9 Å². The zero-order chi connectivity index (χ0) is 52.0. The number of carbonyl (C=O) groups is 1. The molecule has 17 atom stereocenters.